The third-order valence-electron chi connectivity index (χ3n) is 4.82. The van der Waals surface area contributed by atoms with E-state index in [9.17, 15) is 29.4 Å². The summed E-state index contributed by atoms with van der Waals surface area (Å²) in [5, 5.41) is 38.3. The highest BCUT2D eigenvalue weighted by Crippen LogP contribution is 2.06. The van der Waals surface area contributed by atoms with E-state index in [-0.39, 0.29) is 6.42 Å². The number of carbonyl (C=O) groups is 4. The Morgan fingerprint density at radius 2 is 1.77 bits per heavy atom. The topological polar surface area (TPSA) is 203 Å². The number of amides is 3. The molecule has 1 saturated heterocycles. The number of aliphatic hydroxyl groups excluding tert-OH is 2. The molecule has 12 heteroatoms. The van der Waals surface area contributed by atoms with Gasteiger partial charge in [0.1, 0.15) is 12.1 Å². The molecule has 0 saturated carbocycles. The molecule has 0 aromatic carbocycles. The normalized spacial score (nSPS) is 19.9. The molecule has 0 spiro atoms. The lowest BCUT2D eigenvalue weighted by Gasteiger charge is -2.25. The first-order valence-electron chi connectivity index (χ1n) is 10.1. The molecule has 3 amide bonds. The number of carbonyl (C=O) groups excluding carboxylic acids is 3. The molecule has 1 heterocycles. The van der Waals surface area contributed by atoms with Crippen LogP contribution in [-0.2, 0) is 19.2 Å². The van der Waals surface area contributed by atoms with Crippen LogP contribution >= 0.6 is 0 Å². The van der Waals surface area contributed by atoms with Gasteiger partial charge in [0.05, 0.1) is 18.8 Å². The minimum Gasteiger partial charge on any atom is -0.480 e. The van der Waals surface area contributed by atoms with Gasteiger partial charge in [-0.1, -0.05) is 0 Å². The zero-order chi connectivity index (χ0) is 22.7. The van der Waals surface area contributed by atoms with Crippen LogP contribution < -0.4 is 27.0 Å². The van der Waals surface area contributed by atoms with Gasteiger partial charge in [0.15, 0.2) is 6.04 Å². The number of nitrogens with one attached hydrogen (secondary N) is 4. The molecule has 0 aromatic heterocycles. The second-order valence-electron chi connectivity index (χ2n) is 7.30. The average Bonchev–Trinajstić information content (AvgIpc) is 3.23. The molecule has 5 atom stereocenters. The molecule has 0 bridgehead atoms. The van der Waals surface area contributed by atoms with Crippen LogP contribution in [0.15, 0.2) is 0 Å². The number of hydrogen-bond acceptors (Lipinski definition) is 8. The third kappa shape index (κ3) is 8.22. The SMILES string of the molecule is CC(O)C(NC(=O)C(CCCCN)NC(=O)C(CO)NC(=O)C1CCCN1)C(=O)O. The molecule has 1 aliphatic heterocycles. The molecular weight excluding hydrogens is 398 g/mol. The maximum Gasteiger partial charge on any atom is 0.328 e. The summed E-state index contributed by atoms with van der Waals surface area (Å²) in [4.78, 5) is 48.5. The van der Waals surface area contributed by atoms with Gasteiger partial charge in [-0.2, -0.15) is 0 Å². The Labute approximate surface area is 175 Å². The zero-order valence-electron chi connectivity index (χ0n) is 17.1. The largest absolute Gasteiger partial charge is 0.480 e. The monoisotopic (exact) mass is 431 g/mol. The standard InChI is InChI=1S/C18H33N5O7/c1-10(25)14(18(29)30)23-16(27)12(5-2-3-7-19)21-17(28)13(9-24)22-15(26)11-6-4-8-20-11/h10-14,20,24-25H,2-9,19H2,1H3,(H,21,28)(H,22,26)(H,23,27)(H,29,30). The van der Waals surface area contributed by atoms with Gasteiger partial charge >= 0.3 is 5.97 Å². The fourth-order valence-electron chi connectivity index (χ4n) is 3.05. The van der Waals surface area contributed by atoms with E-state index in [0.29, 0.717) is 32.4 Å². The van der Waals surface area contributed by atoms with Crippen molar-refractivity contribution in [3.63, 3.8) is 0 Å². The summed E-state index contributed by atoms with van der Waals surface area (Å²) in [5.74, 6) is -3.42. The molecule has 30 heavy (non-hydrogen) atoms. The van der Waals surface area contributed by atoms with E-state index in [1.807, 2.05) is 0 Å². The zero-order valence-corrected chi connectivity index (χ0v) is 17.1. The number of unbranched alkanes of at least 4 members (excludes halogenated alkanes) is 1. The van der Waals surface area contributed by atoms with E-state index in [4.69, 9.17) is 10.8 Å². The fourth-order valence-corrected chi connectivity index (χ4v) is 3.05. The average molecular weight is 431 g/mol. The minimum absolute atomic E-state index is 0.164. The predicted molar refractivity (Wildman–Crippen MR) is 106 cm³/mol. The Hall–Kier alpha value is -2.28. The maximum atomic E-state index is 12.5. The number of aliphatic hydroxyl groups is 2. The molecule has 172 valence electrons. The first kappa shape index (κ1) is 25.8. The molecule has 1 aliphatic rings. The lowest BCUT2D eigenvalue weighted by molar-refractivity contribution is -0.145. The summed E-state index contributed by atoms with van der Waals surface area (Å²) in [6.45, 7) is 1.60. The highest BCUT2D eigenvalue weighted by atomic mass is 16.4. The number of rotatable bonds is 13. The van der Waals surface area contributed by atoms with Crippen molar-refractivity contribution in [1.82, 2.24) is 21.3 Å². The smallest absolute Gasteiger partial charge is 0.328 e. The van der Waals surface area contributed by atoms with Crippen molar-refractivity contribution in [2.24, 2.45) is 5.73 Å². The van der Waals surface area contributed by atoms with Crippen LogP contribution in [0.4, 0.5) is 0 Å². The van der Waals surface area contributed by atoms with Crippen molar-refractivity contribution in [2.75, 3.05) is 19.7 Å². The van der Waals surface area contributed by atoms with Crippen LogP contribution in [0.25, 0.3) is 0 Å². The van der Waals surface area contributed by atoms with E-state index < -0.39 is 60.6 Å². The van der Waals surface area contributed by atoms with Crippen molar-refractivity contribution < 1.29 is 34.5 Å². The van der Waals surface area contributed by atoms with Crippen molar-refractivity contribution in [2.45, 2.75) is 69.3 Å². The van der Waals surface area contributed by atoms with Gasteiger partial charge in [-0.3, -0.25) is 14.4 Å². The molecule has 1 rings (SSSR count). The van der Waals surface area contributed by atoms with Gasteiger partial charge in [0.2, 0.25) is 17.7 Å². The van der Waals surface area contributed by atoms with Crippen LogP contribution in [-0.4, -0.2) is 89.0 Å². The number of carboxylic acids is 1. The van der Waals surface area contributed by atoms with E-state index in [2.05, 4.69) is 21.3 Å². The Balaban J connectivity index is 2.79. The number of hydrogen-bond donors (Lipinski definition) is 8. The van der Waals surface area contributed by atoms with Crippen molar-refractivity contribution >= 4 is 23.7 Å². The second-order valence-corrected chi connectivity index (χ2v) is 7.30. The fraction of sp³-hybridized carbons (Fsp3) is 0.778. The van der Waals surface area contributed by atoms with Gasteiger partial charge in [-0.15, -0.1) is 0 Å². The van der Waals surface area contributed by atoms with Gasteiger partial charge in [0, 0.05) is 0 Å². The molecular formula is C18H33N5O7. The molecule has 1 fully saturated rings. The number of carboxylic acid groups (broad SMARTS) is 1. The van der Waals surface area contributed by atoms with Crippen LogP contribution in [0.1, 0.15) is 39.0 Å². The van der Waals surface area contributed by atoms with Crippen molar-refractivity contribution in [1.29, 1.82) is 0 Å². The summed E-state index contributed by atoms with van der Waals surface area (Å²) in [6, 6.07) is -4.39. The lowest BCUT2D eigenvalue weighted by atomic mass is 10.1. The van der Waals surface area contributed by atoms with Crippen LogP contribution in [0.5, 0.6) is 0 Å². The first-order valence-corrected chi connectivity index (χ1v) is 10.1. The van der Waals surface area contributed by atoms with Crippen LogP contribution in [0, 0.1) is 0 Å². The van der Waals surface area contributed by atoms with E-state index in [1.54, 1.807) is 0 Å². The molecule has 0 aromatic rings. The lowest BCUT2D eigenvalue weighted by Crippen LogP contribution is -2.59. The summed E-state index contributed by atoms with van der Waals surface area (Å²) in [7, 11) is 0. The quantitative estimate of drug-likeness (QED) is 0.138. The first-order chi connectivity index (χ1) is 14.2. The molecule has 5 unspecified atom stereocenters. The Kier molecular flexibility index (Phi) is 11.3. The Morgan fingerprint density at radius 1 is 1.10 bits per heavy atom. The van der Waals surface area contributed by atoms with Gasteiger partial charge in [-0.05, 0) is 52.1 Å². The molecule has 0 aliphatic carbocycles. The highest BCUT2D eigenvalue weighted by Gasteiger charge is 2.32. The summed E-state index contributed by atoms with van der Waals surface area (Å²) < 4.78 is 0. The van der Waals surface area contributed by atoms with Gasteiger partial charge < -0.3 is 42.3 Å². The highest BCUT2D eigenvalue weighted by molar-refractivity contribution is 5.94. The summed E-state index contributed by atoms with van der Waals surface area (Å²) in [5.41, 5.74) is 5.45. The van der Waals surface area contributed by atoms with E-state index in [1.165, 1.54) is 6.92 Å². The van der Waals surface area contributed by atoms with Gasteiger partial charge in [0.25, 0.3) is 0 Å². The predicted octanol–water partition coefficient (Wildman–Crippen LogP) is -3.22. The van der Waals surface area contributed by atoms with Gasteiger partial charge in [-0.25, -0.2) is 4.79 Å². The Bertz CT molecular complexity index is 595. The Morgan fingerprint density at radius 3 is 2.27 bits per heavy atom. The maximum absolute atomic E-state index is 12.5. The molecule has 9 N–H and O–H groups in total. The summed E-state index contributed by atoms with van der Waals surface area (Å²) >= 11 is 0. The van der Waals surface area contributed by atoms with Crippen LogP contribution in [0.2, 0.25) is 0 Å². The van der Waals surface area contributed by atoms with Crippen molar-refractivity contribution in [3.05, 3.63) is 0 Å². The van der Waals surface area contributed by atoms with E-state index in [0.717, 1.165) is 6.42 Å². The number of aliphatic carboxylic acids is 1. The number of nitrogens with two attached hydrogens (primary N) is 1. The summed E-state index contributed by atoms with van der Waals surface area (Å²) in [6.07, 6.45) is 1.30. The molecule has 12 nitrogen and oxygen atoms in total. The molecule has 0 radical (unpaired) electrons. The minimum atomic E-state index is -1.55. The third-order valence-corrected chi connectivity index (χ3v) is 4.82. The van der Waals surface area contributed by atoms with Crippen molar-refractivity contribution in [3.8, 4) is 0 Å². The van der Waals surface area contributed by atoms with E-state index >= 15 is 0 Å². The second kappa shape index (κ2) is 13.1. The van der Waals surface area contributed by atoms with Crippen LogP contribution in [0.3, 0.4) is 0 Å².